The number of nitrogens with zero attached hydrogens (tertiary/aromatic N) is 4. The molecule has 0 atom stereocenters. The van der Waals surface area contributed by atoms with Crippen molar-refractivity contribution in [2.45, 2.75) is 30.3 Å². The molecule has 0 bridgehead atoms. The van der Waals surface area contributed by atoms with Gasteiger partial charge in [-0.05, 0) is 43.2 Å². The Kier molecular flexibility index (Phi) is 6.11. The van der Waals surface area contributed by atoms with E-state index in [1.54, 1.807) is 18.2 Å². The van der Waals surface area contributed by atoms with Gasteiger partial charge in [-0.15, -0.1) is 0 Å². The molecule has 2 aliphatic rings. The normalized spacial score (nSPS) is 18.9. The molecule has 0 N–H and O–H groups in total. The standard InChI is InChI=1S/C21H25F3N4O2S/c22-21(23,24)17-5-4-6-18(15-17)26-11-13-27(14-12-26)20-8-7-19(16-25-20)31(29,30)28-9-2-1-3-10-28/h4-8,15-16H,1-3,9-14H2. The second kappa shape index (κ2) is 8.66. The van der Waals surface area contributed by atoms with Gasteiger partial charge >= 0.3 is 6.18 Å². The van der Waals surface area contributed by atoms with Gasteiger partial charge < -0.3 is 9.80 Å². The van der Waals surface area contributed by atoms with Crippen LogP contribution in [0.4, 0.5) is 24.7 Å². The molecule has 10 heteroatoms. The molecule has 3 heterocycles. The van der Waals surface area contributed by atoms with Crippen molar-refractivity contribution >= 4 is 21.5 Å². The average molecular weight is 455 g/mol. The molecular formula is C21H25F3N4O2S. The number of halogens is 3. The summed E-state index contributed by atoms with van der Waals surface area (Å²) < 4.78 is 66.0. The number of anilines is 2. The van der Waals surface area contributed by atoms with Crippen LogP contribution < -0.4 is 9.80 Å². The Hall–Kier alpha value is -2.33. The number of rotatable bonds is 4. The molecule has 2 saturated heterocycles. The van der Waals surface area contributed by atoms with Gasteiger partial charge in [0.2, 0.25) is 10.0 Å². The minimum absolute atomic E-state index is 0.195. The van der Waals surface area contributed by atoms with Crippen LogP contribution in [-0.2, 0) is 16.2 Å². The van der Waals surface area contributed by atoms with E-state index in [4.69, 9.17) is 0 Å². The number of hydrogen-bond acceptors (Lipinski definition) is 5. The molecule has 0 amide bonds. The number of benzene rings is 1. The first-order valence-corrected chi connectivity index (χ1v) is 11.8. The zero-order chi connectivity index (χ0) is 22.1. The van der Waals surface area contributed by atoms with E-state index in [0.717, 1.165) is 25.3 Å². The molecule has 1 aromatic heterocycles. The maximum Gasteiger partial charge on any atom is 0.416 e. The summed E-state index contributed by atoms with van der Waals surface area (Å²) in [6.45, 7) is 3.36. The Morgan fingerprint density at radius 3 is 2.13 bits per heavy atom. The van der Waals surface area contributed by atoms with E-state index in [1.165, 1.54) is 22.6 Å². The topological polar surface area (TPSA) is 56.8 Å². The Balaban J connectivity index is 1.40. The fourth-order valence-electron chi connectivity index (χ4n) is 4.04. The van der Waals surface area contributed by atoms with Gasteiger partial charge in [0.05, 0.1) is 5.56 Å². The van der Waals surface area contributed by atoms with Crippen LogP contribution in [0.15, 0.2) is 47.5 Å². The number of sulfonamides is 1. The monoisotopic (exact) mass is 454 g/mol. The molecule has 2 aromatic rings. The second-order valence-electron chi connectivity index (χ2n) is 7.84. The van der Waals surface area contributed by atoms with Crippen LogP contribution in [0.25, 0.3) is 0 Å². The van der Waals surface area contributed by atoms with Gasteiger partial charge in [-0.1, -0.05) is 12.5 Å². The predicted octanol–water partition coefficient (Wildman–Crippen LogP) is 3.60. The minimum atomic E-state index is -4.36. The third kappa shape index (κ3) is 4.79. The third-order valence-corrected chi connectivity index (χ3v) is 7.70. The number of alkyl halides is 3. The van der Waals surface area contributed by atoms with E-state index >= 15 is 0 Å². The summed E-state index contributed by atoms with van der Waals surface area (Å²) in [5.41, 5.74) is -0.106. The molecule has 0 saturated carbocycles. The smallest absolute Gasteiger partial charge is 0.368 e. The first-order valence-electron chi connectivity index (χ1n) is 10.4. The number of piperidine rings is 1. The van der Waals surface area contributed by atoms with Crippen LogP contribution in [-0.4, -0.2) is 57.0 Å². The van der Waals surface area contributed by atoms with Gasteiger partial charge in [0.1, 0.15) is 10.7 Å². The van der Waals surface area contributed by atoms with Crippen molar-refractivity contribution in [3.8, 4) is 0 Å². The summed E-state index contributed by atoms with van der Waals surface area (Å²) in [5, 5.41) is 0. The molecule has 0 aliphatic carbocycles. The highest BCUT2D eigenvalue weighted by Gasteiger charge is 2.31. The van der Waals surface area contributed by atoms with Gasteiger partial charge in [0.15, 0.2) is 0 Å². The van der Waals surface area contributed by atoms with Gasteiger partial charge in [-0.25, -0.2) is 13.4 Å². The fourth-order valence-corrected chi connectivity index (χ4v) is 5.50. The summed E-state index contributed by atoms with van der Waals surface area (Å²) in [6, 6.07) is 8.65. The largest absolute Gasteiger partial charge is 0.416 e. The molecule has 0 unspecified atom stereocenters. The summed E-state index contributed by atoms with van der Waals surface area (Å²) in [6.07, 6.45) is -0.159. The Morgan fingerprint density at radius 1 is 0.839 bits per heavy atom. The summed E-state index contributed by atoms with van der Waals surface area (Å²) in [5.74, 6) is 0.668. The van der Waals surface area contributed by atoms with E-state index in [9.17, 15) is 21.6 Å². The molecule has 31 heavy (non-hydrogen) atoms. The van der Waals surface area contributed by atoms with Crippen molar-refractivity contribution in [1.82, 2.24) is 9.29 Å². The molecule has 0 spiro atoms. The van der Waals surface area contributed by atoms with Gasteiger partial charge in [0, 0.05) is 51.2 Å². The lowest BCUT2D eigenvalue weighted by Crippen LogP contribution is -2.46. The van der Waals surface area contributed by atoms with Gasteiger partial charge in [-0.3, -0.25) is 0 Å². The fraction of sp³-hybridized carbons (Fsp3) is 0.476. The molecule has 168 valence electrons. The van der Waals surface area contributed by atoms with E-state index in [2.05, 4.69) is 4.98 Å². The molecule has 0 radical (unpaired) electrons. The van der Waals surface area contributed by atoms with Gasteiger partial charge in [0.25, 0.3) is 0 Å². The zero-order valence-electron chi connectivity index (χ0n) is 17.1. The van der Waals surface area contributed by atoms with E-state index in [-0.39, 0.29) is 4.90 Å². The quantitative estimate of drug-likeness (QED) is 0.707. The maximum atomic E-state index is 13.0. The number of hydrogen-bond donors (Lipinski definition) is 0. The summed E-state index contributed by atoms with van der Waals surface area (Å²) >= 11 is 0. The van der Waals surface area contributed by atoms with Crippen molar-refractivity contribution in [2.75, 3.05) is 49.1 Å². The van der Waals surface area contributed by atoms with Crippen LogP contribution in [0.5, 0.6) is 0 Å². The lowest BCUT2D eigenvalue weighted by atomic mass is 10.1. The predicted molar refractivity (Wildman–Crippen MR) is 113 cm³/mol. The molecule has 6 nitrogen and oxygen atoms in total. The minimum Gasteiger partial charge on any atom is -0.368 e. The lowest BCUT2D eigenvalue weighted by molar-refractivity contribution is -0.137. The highest BCUT2D eigenvalue weighted by atomic mass is 32.2. The zero-order valence-corrected chi connectivity index (χ0v) is 17.9. The first-order chi connectivity index (χ1) is 14.7. The molecule has 2 aliphatic heterocycles. The first kappa shape index (κ1) is 21.9. The highest BCUT2D eigenvalue weighted by molar-refractivity contribution is 7.89. The van der Waals surface area contributed by atoms with Crippen molar-refractivity contribution in [2.24, 2.45) is 0 Å². The Labute approximate surface area is 180 Å². The lowest BCUT2D eigenvalue weighted by Gasteiger charge is -2.37. The van der Waals surface area contributed by atoms with E-state index < -0.39 is 21.8 Å². The summed E-state index contributed by atoms with van der Waals surface area (Å²) in [7, 11) is -3.52. The molecule has 1 aromatic carbocycles. The van der Waals surface area contributed by atoms with Crippen LogP contribution in [0, 0.1) is 0 Å². The van der Waals surface area contributed by atoms with Gasteiger partial charge in [-0.2, -0.15) is 17.5 Å². The maximum absolute atomic E-state index is 13.0. The van der Waals surface area contributed by atoms with Crippen LogP contribution in [0.3, 0.4) is 0 Å². The van der Waals surface area contributed by atoms with E-state index in [0.29, 0.717) is 50.8 Å². The SMILES string of the molecule is O=S(=O)(c1ccc(N2CCN(c3cccc(C(F)(F)F)c3)CC2)nc1)N1CCCCC1. The van der Waals surface area contributed by atoms with Crippen LogP contribution in [0.2, 0.25) is 0 Å². The summed E-state index contributed by atoms with van der Waals surface area (Å²) in [4.78, 5) is 8.49. The Morgan fingerprint density at radius 2 is 1.52 bits per heavy atom. The average Bonchev–Trinajstić information content (AvgIpc) is 2.79. The Bertz CT molecular complexity index is 998. The third-order valence-electron chi connectivity index (χ3n) is 5.82. The number of pyridine rings is 1. The molecule has 2 fully saturated rings. The van der Waals surface area contributed by atoms with Crippen LogP contribution >= 0.6 is 0 Å². The molecular weight excluding hydrogens is 429 g/mol. The number of aromatic nitrogens is 1. The number of piperazine rings is 1. The van der Waals surface area contributed by atoms with Crippen molar-refractivity contribution < 1.29 is 21.6 Å². The molecule has 4 rings (SSSR count). The van der Waals surface area contributed by atoms with E-state index in [1.807, 2.05) is 9.80 Å². The van der Waals surface area contributed by atoms with Crippen molar-refractivity contribution in [1.29, 1.82) is 0 Å². The highest BCUT2D eigenvalue weighted by Crippen LogP contribution is 2.32. The van der Waals surface area contributed by atoms with Crippen molar-refractivity contribution in [3.05, 3.63) is 48.2 Å². The van der Waals surface area contributed by atoms with Crippen LogP contribution in [0.1, 0.15) is 24.8 Å². The van der Waals surface area contributed by atoms with Crippen molar-refractivity contribution in [3.63, 3.8) is 0 Å². The second-order valence-corrected chi connectivity index (χ2v) is 9.78.